The second-order valence-electron chi connectivity index (χ2n) is 7.51. The van der Waals surface area contributed by atoms with Crippen molar-refractivity contribution < 1.29 is 9.69 Å². The number of quaternary nitrogens is 1. The molecular weight excluding hydrogens is 360 g/mol. The van der Waals surface area contributed by atoms with Gasteiger partial charge >= 0.3 is 0 Å². The number of carbonyl (C=O) groups is 1. The van der Waals surface area contributed by atoms with Crippen molar-refractivity contribution in [3.8, 4) is 0 Å². The summed E-state index contributed by atoms with van der Waals surface area (Å²) >= 11 is 1.43. The molecule has 4 rings (SSSR count). The zero-order valence-corrected chi connectivity index (χ0v) is 16.8. The van der Waals surface area contributed by atoms with Crippen LogP contribution in [0.2, 0.25) is 0 Å². The molecule has 1 amide bonds. The molecule has 0 spiro atoms. The van der Waals surface area contributed by atoms with E-state index in [-0.39, 0.29) is 22.8 Å². The van der Waals surface area contributed by atoms with Gasteiger partial charge in [-0.1, -0.05) is 23.9 Å². The molecular formula is C20H27N4O2S+. The van der Waals surface area contributed by atoms with Crippen LogP contribution in [-0.2, 0) is 4.79 Å². The largest absolute Gasteiger partial charge is 0.332 e. The lowest BCUT2D eigenvalue weighted by Crippen LogP contribution is -3.14. The maximum absolute atomic E-state index is 13.0. The van der Waals surface area contributed by atoms with Crippen molar-refractivity contribution in [2.24, 2.45) is 0 Å². The highest BCUT2D eigenvalue weighted by molar-refractivity contribution is 8.00. The summed E-state index contributed by atoms with van der Waals surface area (Å²) in [6.45, 7) is 8.89. The number of aromatic nitrogens is 2. The summed E-state index contributed by atoms with van der Waals surface area (Å²) in [5.74, 6) is 0.153. The number of nitrogens with one attached hydrogen (secondary N) is 1. The SMILES string of the molecule is CC[NH+]1CCN(C(=O)[C@@H](C)Sc2nc3ccccc3c(=O)n2C2CC2)CC1. The maximum atomic E-state index is 13.0. The van der Waals surface area contributed by atoms with Gasteiger partial charge in [0.2, 0.25) is 5.91 Å². The predicted octanol–water partition coefficient (Wildman–Crippen LogP) is 0.959. The molecule has 2 fully saturated rings. The van der Waals surface area contributed by atoms with E-state index in [0.29, 0.717) is 16.1 Å². The minimum absolute atomic E-state index is 0.0189. The summed E-state index contributed by atoms with van der Waals surface area (Å²) in [5.41, 5.74) is 0.729. The summed E-state index contributed by atoms with van der Waals surface area (Å²) < 4.78 is 1.82. The molecule has 2 aliphatic rings. The maximum Gasteiger partial charge on any atom is 0.262 e. The second-order valence-corrected chi connectivity index (χ2v) is 8.81. The lowest BCUT2D eigenvalue weighted by molar-refractivity contribution is -0.902. The third-order valence-electron chi connectivity index (χ3n) is 5.60. The number of fused-ring (bicyclic) bond motifs is 1. The number of hydrogen-bond acceptors (Lipinski definition) is 4. The molecule has 1 aliphatic heterocycles. The summed E-state index contributed by atoms with van der Waals surface area (Å²) in [6.07, 6.45) is 2.02. The molecule has 1 saturated heterocycles. The standard InChI is InChI=1S/C20H26N4O2S/c1-3-22-10-12-23(13-11-22)18(25)14(2)27-20-21-17-7-5-4-6-16(17)19(26)24(20)15-8-9-15/h4-7,14-15H,3,8-13H2,1-2H3/p+1/t14-/m1/s1. The Balaban J connectivity index is 1.56. The van der Waals surface area contributed by atoms with Crippen molar-refractivity contribution in [3.63, 3.8) is 0 Å². The topological polar surface area (TPSA) is 59.6 Å². The summed E-state index contributed by atoms with van der Waals surface area (Å²) in [6, 6.07) is 7.71. The Hall–Kier alpha value is -1.86. The van der Waals surface area contributed by atoms with Crippen LogP contribution in [0.15, 0.2) is 34.2 Å². The fourth-order valence-electron chi connectivity index (χ4n) is 3.73. The molecule has 2 aromatic rings. The monoisotopic (exact) mass is 387 g/mol. The number of piperazine rings is 1. The van der Waals surface area contributed by atoms with Gasteiger partial charge in [0.25, 0.3) is 5.56 Å². The highest BCUT2D eigenvalue weighted by atomic mass is 32.2. The number of amides is 1. The average molecular weight is 388 g/mol. The van der Waals surface area contributed by atoms with Crippen LogP contribution >= 0.6 is 11.8 Å². The van der Waals surface area contributed by atoms with Gasteiger partial charge in [-0.15, -0.1) is 0 Å². The van der Waals surface area contributed by atoms with E-state index in [9.17, 15) is 9.59 Å². The minimum Gasteiger partial charge on any atom is -0.332 e. The number of thioether (sulfide) groups is 1. The number of likely N-dealkylation sites (N-methyl/N-ethyl adjacent to an activating group) is 1. The van der Waals surface area contributed by atoms with Gasteiger partial charge in [-0.2, -0.15) is 0 Å². The summed E-state index contributed by atoms with van der Waals surface area (Å²) in [7, 11) is 0. The first-order valence-electron chi connectivity index (χ1n) is 9.88. The molecule has 1 atom stereocenters. The Morgan fingerprint density at radius 2 is 2.00 bits per heavy atom. The van der Waals surface area contributed by atoms with Crippen LogP contribution in [0.25, 0.3) is 10.9 Å². The highest BCUT2D eigenvalue weighted by Crippen LogP contribution is 2.37. The molecule has 0 radical (unpaired) electrons. The molecule has 6 nitrogen and oxygen atoms in total. The van der Waals surface area contributed by atoms with Gasteiger partial charge in [-0.25, -0.2) is 4.98 Å². The molecule has 1 aliphatic carbocycles. The summed E-state index contributed by atoms with van der Waals surface area (Å²) in [4.78, 5) is 34.2. The van der Waals surface area contributed by atoms with Crippen LogP contribution < -0.4 is 10.5 Å². The average Bonchev–Trinajstić information content (AvgIpc) is 3.52. The van der Waals surface area contributed by atoms with Gasteiger partial charge in [0.05, 0.1) is 48.9 Å². The number of para-hydroxylation sites is 1. The van der Waals surface area contributed by atoms with E-state index in [4.69, 9.17) is 4.98 Å². The molecule has 144 valence electrons. The van der Waals surface area contributed by atoms with Gasteiger partial charge < -0.3 is 9.80 Å². The van der Waals surface area contributed by atoms with Gasteiger partial charge in [0.1, 0.15) is 0 Å². The molecule has 1 N–H and O–H groups in total. The van der Waals surface area contributed by atoms with Gasteiger partial charge in [-0.3, -0.25) is 14.2 Å². The van der Waals surface area contributed by atoms with Crippen molar-refractivity contribution in [2.45, 2.75) is 43.1 Å². The van der Waals surface area contributed by atoms with Crippen LogP contribution in [0.3, 0.4) is 0 Å². The first kappa shape index (κ1) is 18.5. The number of rotatable bonds is 5. The molecule has 0 bridgehead atoms. The molecule has 0 unspecified atom stereocenters. The Morgan fingerprint density at radius 1 is 1.30 bits per heavy atom. The fourth-order valence-corrected chi connectivity index (χ4v) is 4.79. The van der Waals surface area contributed by atoms with E-state index >= 15 is 0 Å². The molecule has 1 aromatic carbocycles. The van der Waals surface area contributed by atoms with E-state index in [2.05, 4.69) is 6.92 Å². The smallest absolute Gasteiger partial charge is 0.262 e. The van der Waals surface area contributed by atoms with E-state index in [1.54, 1.807) is 4.90 Å². The van der Waals surface area contributed by atoms with Crippen LogP contribution in [0, 0.1) is 0 Å². The Bertz CT molecular complexity index is 900. The first-order chi connectivity index (χ1) is 13.1. The van der Waals surface area contributed by atoms with Crippen LogP contribution in [0.5, 0.6) is 0 Å². The van der Waals surface area contributed by atoms with E-state index < -0.39 is 0 Å². The highest BCUT2D eigenvalue weighted by Gasteiger charge is 2.32. The quantitative estimate of drug-likeness (QED) is 0.613. The first-order valence-corrected chi connectivity index (χ1v) is 10.8. The fraction of sp³-hybridized carbons (Fsp3) is 0.550. The van der Waals surface area contributed by atoms with Crippen molar-refractivity contribution in [1.82, 2.24) is 14.5 Å². The van der Waals surface area contributed by atoms with Crippen LogP contribution in [-0.4, -0.2) is 58.3 Å². The van der Waals surface area contributed by atoms with Crippen LogP contribution in [0.1, 0.15) is 32.7 Å². The zero-order valence-electron chi connectivity index (χ0n) is 16.0. The van der Waals surface area contributed by atoms with Crippen molar-refractivity contribution in [3.05, 3.63) is 34.6 Å². The Kier molecular flexibility index (Phi) is 5.23. The van der Waals surface area contributed by atoms with Crippen molar-refractivity contribution in [2.75, 3.05) is 32.7 Å². The van der Waals surface area contributed by atoms with E-state index in [1.807, 2.05) is 40.7 Å². The minimum atomic E-state index is -0.244. The lowest BCUT2D eigenvalue weighted by Gasteiger charge is -2.33. The van der Waals surface area contributed by atoms with Gasteiger partial charge in [-0.05, 0) is 38.8 Å². The Labute approximate surface area is 163 Å². The van der Waals surface area contributed by atoms with Crippen molar-refractivity contribution in [1.29, 1.82) is 0 Å². The van der Waals surface area contributed by atoms with Crippen molar-refractivity contribution >= 4 is 28.6 Å². The normalized spacial score (nSPS) is 19.4. The molecule has 2 heterocycles. The number of benzene rings is 1. The Morgan fingerprint density at radius 3 is 2.67 bits per heavy atom. The zero-order chi connectivity index (χ0) is 19.0. The van der Waals surface area contributed by atoms with Gasteiger partial charge in [0.15, 0.2) is 5.16 Å². The van der Waals surface area contributed by atoms with Crippen LogP contribution in [0.4, 0.5) is 0 Å². The lowest BCUT2D eigenvalue weighted by atomic mass is 10.2. The molecule has 1 saturated carbocycles. The predicted molar refractivity (Wildman–Crippen MR) is 107 cm³/mol. The van der Waals surface area contributed by atoms with Gasteiger partial charge in [0, 0.05) is 6.04 Å². The number of nitrogens with zero attached hydrogens (tertiary/aromatic N) is 3. The van der Waals surface area contributed by atoms with E-state index in [1.165, 1.54) is 11.8 Å². The third kappa shape index (κ3) is 3.75. The summed E-state index contributed by atoms with van der Waals surface area (Å²) in [5, 5.41) is 1.09. The third-order valence-corrected chi connectivity index (χ3v) is 6.65. The number of hydrogen-bond donors (Lipinski definition) is 1. The molecule has 1 aromatic heterocycles. The molecule has 7 heteroatoms. The number of carbonyl (C=O) groups excluding carboxylic acids is 1. The van der Waals surface area contributed by atoms with E-state index in [0.717, 1.165) is 45.6 Å². The molecule has 27 heavy (non-hydrogen) atoms. The second kappa shape index (κ2) is 7.64.